The maximum absolute atomic E-state index is 13.5. The fraction of sp³-hybridized carbons (Fsp3) is 0.0851. The quantitative estimate of drug-likeness (QED) is 0.0516. The molecule has 0 aromatic heterocycles. The van der Waals surface area contributed by atoms with E-state index in [4.69, 9.17) is 39.5 Å². The summed E-state index contributed by atoms with van der Waals surface area (Å²) in [6.07, 6.45) is 0. The molecule has 0 heterocycles. The van der Waals surface area contributed by atoms with Gasteiger partial charge in [0.2, 0.25) is 0 Å². The van der Waals surface area contributed by atoms with E-state index in [2.05, 4.69) is 31.2 Å². The Morgan fingerprint density at radius 1 is 0.589 bits per heavy atom. The molecule has 0 saturated heterocycles. The summed E-state index contributed by atoms with van der Waals surface area (Å²) >= 11 is 20.3. The maximum atomic E-state index is 13.5. The van der Waals surface area contributed by atoms with Gasteiger partial charge in [0.25, 0.3) is 0 Å². The van der Waals surface area contributed by atoms with Gasteiger partial charge >= 0.3 is 11.7 Å². The van der Waals surface area contributed by atoms with Crippen LogP contribution in [0.25, 0.3) is 0 Å². The van der Waals surface area contributed by atoms with Gasteiger partial charge in [-0.15, -0.1) is 11.6 Å². The predicted molar refractivity (Wildman–Crippen MR) is 224 cm³/mol. The Labute approximate surface area is 340 Å². The van der Waals surface area contributed by atoms with Gasteiger partial charge < -0.3 is 9.84 Å². The molecule has 7 aromatic rings. The SMILES string of the molecule is Cc1ccc(C(Cl)(c2ccccc2)c2ccccc2Cl)cc1.Cc1ccc(C(OC(=O)c2ccc(O)c([N+](=O)[O-])c2)(c2ccccc2)c2ccccc2Cl)cc1. The topological polar surface area (TPSA) is 89.7 Å². The summed E-state index contributed by atoms with van der Waals surface area (Å²) in [5, 5.41) is 22.2. The lowest BCUT2D eigenvalue weighted by Crippen LogP contribution is -2.35. The smallest absolute Gasteiger partial charge is 0.339 e. The van der Waals surface area contributed by atoms with E-state index in [1.165, 1.54) is 11.6 Å². The van der Waals surface area contributed by atoms with Crippen LogP contribution in [-0.2, 0) is 15.2 Å². The minimum Gasteiger partial charge on any atom is -0.502 e. The first kappa shape index (κ1) is 39.8. The lowest BCUT2D eigenvalue weighted by molar-refractivity contribution is -0.385. The maximum Gasteiger partial charge on any atom is 0.339 e. The zero-order chi connectivity index (χ0) is 39.9. The molecule has 56 heavy (non-hydrogen) atoms. The van der Waals surface area contributed by atoms with Crippen molar-refractivity contribution >= 4 is 46.5 Å². The third-order valence-electron chi connectivity index (χ3n) is 9.41. The van der Waals surface area contributed by atoms with Gasteiger partial charge in [-0.2, -0.15) is 0 Å². The predicted octanol–water partition coefficient (Wildman–Crippen LogP) is 12.6. The monoisotopic (exact) mass is 799 g/mol. The van der Waals surface area contributed by atoms with Gasteiger partial charge in [0.15, 0.2) is 11.4 Å². The molecule has 0 fully saturated rings. The molecular formula is C47H36Cl3NO5. The van der Waals surface area contributed by atoms with Crippen LogP contribution in [0.2, 0.25) is 10.0 Å². The minimum absolute atomic E-state index is 0.0797. The number of halogens is 3. The van der Waals surface area contributed by atoms with Gasteiger partial charge in [0, 0.05) is 38.4 Å². The zero-order valence-corrected chi connectivity index (χ0v) is 32.7. The number of nitro benzene ring substituents is 1. The first-order valence-electron chi connectivity index (χ1n) is 17.6. The number of nitro groups is 1. The van der Waals surface area contributed by atoms with Crippen LogP contribution in [0.5, 0.6) is 5.75 Å². The van der Waals surface area contributed by atoms with Crippen molar-refractivity contribution in [2.45, 2.75) is 24.3 Å². The molecule has 0 aliphatic heterocycles. The highest BCUT2D eigenvalue weighted by atomic mass is 35.5. The van der Waals surface area contributed by atoms with Gasteiger partial charge in [-0.05, 0) is 49.2 Å². The Balaban J connectivity index is 0.000000208. The van der Waals surface area contributed by atoms with Crippen LogP contribution in [0, 0.1) is 24.0 Å². The molecule has 0 amide bonds. The standard InChI is InChI=1S/C27H20ClNO5.C20H16Cl2/c1-18-11-14-21(15-12-18)27(20-7-3-2-4-8-20,22-9-5-6-10-23(22)28)34-26(31)19-13-16-25(30)24(17-19)29(32)33;1-15-11-13-17(14-12-15)20(22,16-7-3-2-4-8-16)18-9-5-6-10-19(18)21/h2-17,30H,1H3;2-14H,1H3. The van der Waals surface area contributed by atoms with E-state index in [1.807, 2.05) is 116 Å². The molecular weight excluding hydrogens is 765 g/mol. The number of carbonyl (C=O) groups is 1. The van der Waals surface area contributed by atoms with Gasteiger partial charge in [0.05, 0.1) is 10.5 Å². The molecule has 280 valence electrons. The highest BCUT2D eigenvalue weighted by Gasteiger charge is 2.42. The molecule has 7 aromatic carbocycles. The number of phenolic OH excluding ortho intramolecular Hbond substituents is 1. The minimum atomic E-state index is -1.45. The number of alkyl halides is 1. The highest BCUT2D eigenvalue weighted by molar-refractivity contribution is 6.35. The molecule has 1 N–H and O–H groups in total. The van der Waals surface area contributed by atoms with Crippen molar-refractivity contribution in [3.05, 3.63) is 246 Å². The van der Waals surface area contributed by atoms with Crippen molar-refractivity contribution in [1.82, 2.24) is 0 Å². The second-order valence-electron chi connectivity index (χ2n) is 13.1. The molecule has 0 spiro atoms. The lowest BCUT2D eigenvalue weighted by Gasteiger charge is -2.36. The Morgan fingerprint density at radius 3 is 1.54 bits per heavy atom. The number of hydrogen-bond acceptors (Lipinski definition) is 5. The Kier molecular flexibility index (Phi) is 12.3. The average molecular weight is 801 g/mol. The van der Waals surface area contributed by atoms with E-state index in [9.17, 15) is 20.0 Å². The summed E-state index contributed by atoms with van der Waals surface area (Å²) < 4.78 is 6.25. The van der Waals surface area contributed by atoms with Crippen LogP contribution in [0.4, 0.5) is 5.69 Å². The Bertz CT molecular complexity index is 2460. The number of carbonyl (C=O) groups excluding carboxylic acids is 1. The number of benzene rings is 7. The molecule has 0 radical (unpaired) electrons. The molecule has 2 unspecified atom stereocenters. The largest absolute Gasteiger partial charge is 0.502 e. The van der Waals surface area contributed by atoms with Crippen LogP contribution >= 0.6 is 34.8 Å². The summed E-state index contributed by atoms with van der Waals surface area (Å²) in [5.41, 5.74) is 4.86. The number of aryl methyl sites for hydroxylation is 2. The zero-order valence-electron chi connectivity index (χ0n) is 30.4. The van der Waals surface area contributed by atoms with Gasteiger partial charge in [0.1, 0.15) is 4.87 Å². The molecule has 9 heteroatoms. The molecule has 2 atom stereocenters. The number of ether oxygens (including phenoxy) is 1. The number of aromatic hydroxyl groups is 1. The van der Waals surface area contributed by atoms with Crippen LogP contribution in [0.15, 0.2) is 176 Å². The van der Waals surface area contributed by atoms with Gasteiger partial charge in [-0.25, -0.2) is 4.79 Å². The first-order valence-corrected chi connectivity index (χ1v) is 18.7. The molecule has 0 aliphatic rings. The van der Waals surface area contributed by atoms with E-state index in [0.717, 1.165) is 34.4 Å². The second-order valence-corrected chi connectivity index (χ2v) is 14.5. The number of hydrogen-bond donors (Lipinski definition) is 1. The van der Waals surface area contributed by atoms with E-state index in [0.29, 0.717) is 26.7 Å². The summed E-state index contributed by atoms with van der Waals surface area (Å²) in [6.45, 7) is 4.02. The van der Waals surface area contributed by atoms with Crippen molar-refractivity contribution < 1.29 is 19.6 Å². The first-order chi connectivity index (χ1) is 26.9. The normalized spacial score (nSPS) is 12.9. The van der Waals surface area contributed by atoms with Crippen LogP contribution < -0.4 is 0 Å². The molecule has 0 bridgehead atoms. The van der Waals surface area contributed by atoms with E-state index in [-0.39, 0.29) is 5.56 Å². The Hall–Kier alpha value is -5.92. The molecule has 0 saturated carbocycles. The number of nitrogens with zero attached hydrogens (tertiary/aromatic N) is 1. The third kappa shape index (κ3) is 8.19. The average Bonchev–Trinajstić information content (AvgIpc) is 3.21. The fourth-order valence-corrected chi connectivity index (χ4v) is 7.53. The lowest BCUT2D eigenvalue weighted by atomic mass is 9.79. The van der Waals surface area contributed by atoms with E-state index >= 15 is 0 Å². The number of phenols is 1. The van der Waals surface area contributed by atoms with Gasteiger partial charge in [-0.1, -0.05) is 180 Å². The molecule has 6 nitrogen and oxygen atoms in total. The van der Waals surface area contributed by atoms with E-state index < -0.39 is 32.8 Å². The summed E-state index contributed by atoms with van der Waals surface area (Å²) in [5.74, 6) is -1.35. The highest BCUT2D eigenvalue weighted by Crippen LogP contribution is 2.46. The van der Waals surface area contributed by atoms with Gasteiger partial charge in [-0.3, -0.25) is 10.1 Å². The summed E-state index contributed by atoms with van der Waals surface area (Å²) in [7, 11) is 0. The molecule has 7 rings (SSSR count). The molecule has 0 aliphatic carbocycles. The van der Waals surface area contributed by atoms with Crippen LogP contribution in [0.3, 0.4) is 0 Å². The number of rotatable bonds is 9. The van der Waals surface area contributed by atoms with Crippen molar-refractivity contribution in [3.63, 3.8) is 0 Å². The van der Waals surface area contributed by atoms with Crippen LogP contribution in [0.1, 0.15) is 54.9 Å². The summed E-state index contributed by atoms with van der Waals surface area (Å²) in [4.78, 5) is 23.2. The Morgan fingerprint density at radius 2 is 1.02 bits per heavy atom. The van der Waals surface area contributed by atoms with Crippen molar-refractivity contribution in [2.75, 3.05) is 0 Å². The second kappa shape index (κ2) is 17.3. The van der Waals surface area contributed by atoms with Crippen molar-refractivity contribution in [1.29, 1.82) is 0 Å². The van der Waals surface area contributed by atoms with Crippen LogP contribution in [-0.4, -0.2) is 16.0 Å². The third-order valence-corrected chi connectivity index (χ3v) is 10.7. The van der Waals surface area contributed by atoms with Crippen molar-refractivity contribution in [3.8, 4) is 5.75 Å². The fourth-order valence-electron chi connectivity index (χ4n) is 6.52. The summed E-state index contributed by atoms with van der Waals surface area (Å²) in [6, 6.07) is 53.2. The van der Waals surface area contributed by atoms with Crippen molar-refractivity contribution in [2.24, 2.45) is 0 Å². The van der Waals surface area contributed by atoms with E-state index in [1.54, 1.807) is 24.3 Å². The number of esters is 1.